The van der Waals surface area contributed by atoms with E-state index in [2.05, 4.69) is 5.32 Å². The van der Waals surface area contributed by atoms with Crippen LogP contribution in [-0.2, 0) is 4.79 Å². The van der Waals surface area contributed by atoms with Gasteiger partial charge in [0.25, 0.3) is 0 Å². The van der Waals surface area contributed by atoms with E-state index in [4.69, 9.17) is 5.73 Å². The molecule has 1 aromatic carbocycles. The van der Waals surface area contributed by atoms with Crippen LogP contribution in [0, 0.1) is 17.7 Å². The highest BCUT2D eigenvalue weighted by atomic mass is 19.1. The summed E-state index contributed by atoms with van der Waals surface area (Å²) < 4.78 is 13.3. The summed E-state index contributed by atoms with van der Waals surface area (Å²) in [7, 11) is 0. The average molecular weight is 224 g/mol. The van der Waals surface area contributed by atoms with Crippen molar-refractivity contribution in [3.05, 3.63) is 30.1 Å². The van der Waals surface area contributed by atoms with Crippen LogP contribution in [0.15, 0.2) is 24.3 Å². The van der Waals surface area contributed by atoms with Gasteiger partial charge in [-0.3, -0.25) is 4.79 Å². The van der Waals surface area contributed by atoms with Crippen LogP contribution in [0.25, 0.3) is 0 Å². The van der Waals surface area contributed by atoms with Gasteiger partial charge < -0.3 is 11.1 Å². The number of rotatable bonds is 4. The summed E-state index contributed by atoms with van der Waals surface area (Å²) in [4.78, 5) is 11.8. The fraction of sp³-hybridized carbons (Fsp3) is 0.417. The Labute approximate surface area is 94.8 Å². The van der Waals surface area contributed by atoms with E-state index in [1.165, 1.54) is 12.1 Å². The van der Waals surface area contributed by atoms with Crippen LogP contribution in [0.5, 0.6) is 0 Å². The molecule has 0 aliphatic heterocycles. The first kappa shape index (κ1) is 12.6. The summed E-state index contributed by atoms with van der Waals surface area (Å²) in [5.41, 5.74) is 5.71. The number of carbonyl (C=O) groups excluding carboxylic acids is 1. The third kappa shape index (κ3) is 3.03. The number of nitrogens with one attached hydrogen (secondary N) is 1. The molecule has 3 nitrogen and oxygen atoms in total. The Hall–Kier alpha value is -1.42. The van der Waals surface area contributed by atoms with Gasteiger partial charge in [-0.25, -0.2) is 4.39 Å². The molecule has 88 valence electrons. The second-order valence-electron chi connectivity index (χ2n) is 4.06. The van der Waals surface area contributed by atoms with Gasteiger partial charge >= 0.3 is 0 Å². The Balaban J connectivity index is 2.74. The molecular formula is C12H17FN2O. The van der Waals surface area contributed by atoms with E-state index in [1.807, 2.05) is 13.8 Å². The van der Waals surface area contributed by atoms with Gasteiger partial charge in [-0.2, -0.15) is 0 Å². The molecule has 1 aromatic rings. The highest BCUT2D eigenvalue weighted by Crippen LogP contribution is 2.16. The molecule has 0 aliphatic rings. The normalized spacial score (nSPS) is 12.6. The molecule has 0 spiro atoms. The van der Waals surface area contributed by atoms with Crippen LogP contribution in [0.1, 0.15) is 13.8 Å². The van der Waals surface area contributed by atoms with Gasteiger partial charge in [-0.15, -0.1) is 0 Å². The largest absolute Gasteiger partial charge is 0.330 e. The van der Waals surface area contributed by atoms with Crippen LogP contribution < -0.4 is 11.1 Å². The summed E-state index contributed by atoms with van der Waals surface area (Å²) in [6.07, 6.45) is 0. The number of hydrogen-bond donors (Lipinski definition) is 2. The number of benzene rings is 1. The fourth-order valence-electron chi connectivity index (χ4n) is 1.47. The minimum Gasteiger partial charge on any atom is -0.330 e. The van der Waals surface area contributed by atoms with E-state index in [1.54, 1.807) is 12.1 Å². The van der Waals surface area contributed by atoms with Crippen molar-refractivity contribution in [2.45, 2.75) is 13.8 Å². The zero-order valence-electron chi connectivity index (χ0n) is 9.53. The maximum Gasteiger partial charge on any atom is 0.229 e. The molecule has 0 radical (unpaired) electrons. The Kier molecular flexibility index (Phi) is 4.43. The first-order valence-electron chi connectivity index (χ1n) is 5.31. The SMILES string of the molecule is CC(C)C(CN)C(=O)Nc1ccccc1F. The topological polar surface area (TPSA) is 55.1 Å². The van der Waals surface area contributed by atoms with Crippen molar-refractivity contribution in [1.29, 1.82) is 0 Å². The zero-order valence-corrected chi connectivity index (χ0v) is 9.53. The molecule has 1 amide bonds. The first-order chi connectivity index (χ1) is 7.56. The van der Waals surface area contributed by atoms with E-state index in [0.29, 0.717) is 0 Å². The van der Waals surface area contributed by atoms with E-state index in [9.17, 15) is 9.18 Å². The van der Waals surface area contributed by atoms with Crippen molar-refractivity contribution in [2.75, 3.05) is 11.9 Å². The van der Waals surface area contributed by atoms with Crippen molar-refractivity contribution in [1.82, 2.24) is 0 Å². The van der Waals surface area contributed by atoms with Crippen molar-refractivity contribution >= 4 is 11.6 Å². The lowest BCUT2D eigenvalue weighted by Crippen LogP contribution is -2.33. The Morgan fingerprint density at radius 2 is 2.06 bits per heavy atom. The summed E-state index contributed by atoms with van der Waals surface area (Å²) in [5.74, 6) is -0.825. The minimum atomic E-state index is -0.435. The zero-order chi connectivity index (χ0) is 12.1. The Bertz CT molecular complexity index is 366. The molecule has 4 heteroatoms. The van der Waals surface area contributed by atoms with Crippen LogP contribution in [0.3, 0.4) is 0 Å². The average Bonchev–Trinajstić information content (AvgIpc) is 2.22. The number of carbonyl (C=O) groups is 1. The van der Waals surface area contributed by atoms with Gasteiger partial charge in [-0.05, 0) is 18.1 Å². The highest BCUT2D eigenvalue weighted by molar-refractivity contribution is 5.92. The number of amides is 1. The lowest BCUT2D eigenvalue weighted by molar-refractivity contribution is -0.120. The van der Waals surface area contributed by atoms with Gasteiger partial charge in [0.2, 0.25) is 5.91 Å². The van der Waals surface area contributed by atoms with E-state index in [0.717, 1.165) is 0 Å². The summed E-state index contributed by atoms with van der Waals surface area (Å²) in [6.45, 7) is 4.09. The monoisotopic (exact) mass is 224 g/mol. The predicted molar refractivity (Wildman–Crippen MR) is 62.4 cm³/mol. The third-order valence-corrected chi connectivity index (χ3v) is 2.53. The molecule has 0 heterocycles. The van der Waals surface area contributed by atoms with Crippen molar-refractivity contribution < 1.29 is 9.18 Å². The summed E-state index contributed by atoms with van der Waals surface area (Å²) >= 11 is 0. The standard InChI is InChI=1S/C12H17FN2O/c1-8(2)9(7-14)12(16)15-11-6-4-3-5-10(11)13/h3-6,8-9H,7,14H2,1-2H3,(H,15,16). The van der Waals surface area contributed by atoms with Gasteiger partial charge in [0.1, 0.15) is 5.82 Å². The molecule has 0 saturated heterocycles. The van der Waals surface area contributed by atoms with E-state index in [-0.39, 0.29) is 30.0 Å². The highest BCUT2D eigenvalue weighted by Gasteiger charge is 2.21. The molecular weight excluding hydrogens is 207 g/mol. The quantitative estimate of drug-likeness (QED) is 0.821. The van der Waals surface area contributed by atoms with Gasteiger partial charge in [0.05, 0.1) is 11.6 Å². The maximum atomic E-state index is 13.3. The molecule has 1 unspecified atom stereocenters. The molecule has 0 fully saturated rings. The predicted octanol–water partition coefficient (Wildman–Crippen LogP) is 2.00. The second-order valence-corrected chi connectivity index (χ2v) is 4.06. The summed E-state index contributed by atoms with van der Waals surface area (Å²) in [5, 5.41) is 2.55. The third-order valence-electron chi connectivity index (χ3n) is 2.53. The van der Waals surface area contributed by atoms with E-state index < -0.39 is 5.82 Å². The van der Waals surface area contributed by atoms with Crippen LogP contribution in [-0.4, -0.2) is 12.5 Å². The molecule has 3 N–H and O–H groups in total. The Morgan fingerprint density at radius 1 is 1.44 bits per heavy atom. The van der Waals surface area contributed by atoms with Crippen molar-refractivity contribution in [3.8, 4) is 0 Å². The Morgan fingerprint density at radius 3 is 2.56 bits per heavy atom. The van der Waals surface area contributed by atoms with Gasteiger partial charge in [-0.1, -0.05) is 26.0 Å². The lowest BCUT2D eigenvalue weighted by atomic mass is 9.95. The van der Waals surface area contributed by atoms with Crippen LogP contribution in [0.2, 0.25) is 0 Å². The van der Waals surface area contributed by atoms with Gasteiger partial charge in [0, 0.05) is 6.54 Å². The number of halogens is 1. The van der Waals surface area contributed by atoms with E-state index >= 15 is 0 Å². The maximum absolute atomic E-state index is 13.3. The molecule has 1 atom stereocenters. The van der Waals surface area contributed by atoms with Crippen LogP contribution in [0.4, 0.5) is 10.1 Å². The molecule has 1 rings (SSSR count). The van der Waals surface area contributed by atoms with Gasteiger partial charge in [0.15, 0.2) is 0 Å². The second kappa shape index (κ2) is 5.61. The number of para-hydroxylation sites is 1. The minimum absolute atomic E-state index is 0.136. The summed E-state index contributed by atoms with van der Waals surface area (Å²) in [6, 6.07) is 6.09. The first-order valence-corrected chi connectivity index (χ1v) is 5.31. The molecule has 16 heavy (non-hydrogen) atoms. The fourth-order valence-corrected chi connectivity index (χ4v) is 1.47. The van der Waals surface area contributed by atoms with Crippen molar-refractivity contribution in [3.63, 3.8) is 0 Å². The van der Waals surface area contributed by atoms with Crippen LogP contribution >= 0.6 is 0 Å². The number of anilines is 1. The molecule has 0 bridgehead atoms. The molecule has 0 aliphatic carbocycles. The number of hydrogen-bond acceptors (Lipinski definition) is 2. The lowest BCUT2D eigenvalue weighted by Gasteiger charge is -2.18. The molecule has 0 saturated carbocycles. The smallest absolute Gasteiger partial charge is 0.229 e. The number of nitrogens with two attached hydrogens (primary N) is 1. The van der Waals surface area contributed by atoms with Crippen molar-refractivity contribution in [2.24, 2.45) is 17.6 Å². The molecule has 0 aromatic heterocycles.